The monoisotopic (exact) mass is 450 g/mol. The Morgan fingerprint density at radius 2 is 0.714 bits per heavy atom. The first-order valence-corrected chi connectivity index (χ1v) is 1.97. The summed E-state index contributed by atoms with van der Waals surface area (Å²) in [5, 5.41) is 0. The number of hydrogen-bond donors (Lipinski definition) is 0. The van der Waals surface area contributed by atoms with Crippen LogP contribution in [-0.2, 0) is 25.3 Å². The molecule has 0 aliphatic carbocycles. The van der Waals surface area contributed by atoms with Gasteiger partial charge in [0.1, 0.15) is 0 Å². The molecule has 0 aromatic rings. The SMILES string of the molecule is Br.Br.Br.Br.[O]=[Mo]=[O]. The summed E-state index contributed by atoms with van der Waals surface area (Å²) >= 11 is -2.03. The molecule has 7 heavy (non-hydrogen) atoms. The fraction of sp³-hybridized carbons (Fsp3) is 0. The van der Waals surface area contributed by atoms with E-state index in [0.29, 0.717) is 0 Å². The molecule has 7 heteroatoms. The van der Waals surface area contributed by atoms with Crippen LogP contribution in [0.5, 0.6) is 0 Å². The van der Waals surface area contributed by atoms with Crippen molar-refractivity contribution in [2.45, 2.75) is 0 Å². The quantitative estimate of drug-likeness (QED) is 0.529. The molecule has 2 nitrogen and oxygen atoms in total. The third-order valence-electron chi connectivity index (χ3n) is 0. The summed E-state index contributed by atoms with van der Waals surface area (Å²) in [6.45, 7) is 0. The first kappa shape index (κ1) is 35.0. The van der Waals surface area contributed by atoms with Crippen LogP contribution in [0.15, 0.2) is 0 Å². The van der Waals surface area contributed by atoms with Gasteiger partial charge in [-0.15, -0.1) is 67.9 Å². The maximum absolute atomic E-state index is 8.50. The molecule has 0 fully saturated rings. The van der Waals surface area contributed by atoms with Gasteiger partial charge in [-0.25, -0.2) is 0 Å². The first-order valence-electron chi connectivity index (χ1n) is 0.333. The van der Waals surface area contributed by atoms with Crippen molar-refractivity contribution in [1.29, 1.82) is 0 Å². The second-order valence-corrected chi connectivity index (χ2v) is 0.403. The van der Waals surface area contributed by atoms with Crippen LogP contribution in [0.2, 0.25) is 0 Å². The third-order valence-corrected chi connectivity index (χ3v) is 0. The molecule has 0 atom stereocenters. The molecule has 0 saturated carbocycles. The van der Waals surface area contributed by atoms with Gasteiger partial charge < -0.3 is 0 Å². The normalized spacial score (nSPS) is 1.71. The van der Waals surface area contributed by atoms with E-state index in [0.717, 1.165) is 0 Å². The van der Waals surface area contributed by atoms with E-state index in [4.69, 9.17) is 6.80 Å². The van der Waals surface area contributed by atoms with Crippen molar-refractivity contribution in [2.24, 2.45) is 0 Å². The van der Waals surface area contributed by atoms with E-state index in [-0.39, 0.29) is 67.9 Å². The summed E-state index contributed by atoms with van der Waals surface area (Å²) in [4.78, 5) is 0. The van der Waals surface area contributed by atoms with E-state index in [2.05, 4.69) is 0 Å². The van der Waals surface area contributed by atoms with Crippen molar-refractivity contribution in [3.05, 3.63) is 0 Å². The van der Waals surface area contributed by atoms with Gasteiger partial charge in [0, 0.05) is 0 Å². The zero-order valence-electron chi connectivity index (χ0n) is 2.86. The van der Waals surface area contributed by atoms with Gasteiger partial charge in [0.2, 0.25) is 0 Å². The molecule has 0 bridgehead atoms. The fourth-order valence-electron chi connectivity index (χ4n) is 0. The first-order chi connectivity index (χ1) is 1.41. The van der Waals surface area contributed by atoms with E-state index in [1.165, 1.54) is 0 Å². The average molecular weight is 452 g/mol. The van der Waals surface area contributed by atoms with Crippen LogP contribution >= 0.6 is 67.9 Å². The van der Waals surface area contributed by atoms with E-state index in [9.17, 15) is 0 Å². The second-order valence-electron chi connectivity index (χ2n) is 0.0680. The molecule has 0 spiro atoms. The Morgan fingerprint density at radius 1 is 0.714 bits per heavy atom. The van der Waals surface area contributed by atoms with Gasteiger partial charge in [-0.1, -0.05) is 0 Å². The average Bonchev–Trinajstić information content (AvgIpc) is 0.918. The summed E-state index contributed by atoms with van der Waals surface area (Å²) in [5.41, 5.74) is 0. The Kier molecular flexibility index (Phi) is 207. The van der Waals surface area contributed by atoms with Crippen molar-refractivity contribution in [3.8, 4) is 0 Å². The van der Waals surface area contributed by atoms with Gasteiger partial charge in [0.05, 0.1) is 0 Å². The second kappa shape index (κ2) is 41.4. The van der Waals surface area contributed by atoms with Crippen LogP contribution in [0.25, 0.3) is 0 Å². The van der Waals surface area contributed by atoms with Gasteiger partial charge in [0.15, 0.2) is 0 Å². The summed E-state index contributed by atoms with van der Waals surface area (Å²) in [6.07, 6.45) is 0. The van der Waals surface area contributed by atoms with Gasteiger partial charge >= 0.3 is 25.3 Å². The topological polar surface area (TPSA) is 34.1 Å². The molecular weight excluding hydrogens is 448 g/mol. The molecule has 0 aliphatic rings. The van der Waals surface area contributed by atoms with Gasteiger partial charge in [-0.05, 0) is 0 Å². The van der Waals surface area contributed by atoms with E-state index >= 15 is 0 Å². The summed E-state index contributed by atoms with van der Waals surface area (Å²) in [5.74, 6) is 0. The van der Waals surface area contributed by atoms with E-state index in [1.54, 1.807) is 0 Å². The molecule has 0 N–H and O–H groups in total. The Hall–Kier alpha value is 2.21. The zero-order valence-corrected chi connectivity index (χ0v) is 11.7. The van der Waals surface area contributed by atoms with Crippen LogP contribution in [-0.4, -0.2) is 0 Å². The molecule has 0 heterocycles. The zero-order chi connectivity index (χ0) is 2.71. The molecule has 0 rings (SSSR count). The standard InChI is InChI=1S/4BrH.Mo.2O/h4*1H;;;. The number of halogens is 4. The van der Waals surface area contributed by atoms with Crippen LogP contribution in [0.4, 0.5) is 0 Å². The van der Waals surface area contributed by atoms with Crippen LogP contribution in [0, 0.1) is 0 Å². The van der Waals surface area contributed by atoms with Crippen LogP contribution < -0.4 is 0 Å². The fourth-order valence-corrected chi connectivity index (χ4v) is 0. The van der Waals surface area contributed by atoms with Crippen molar-refractivity contribution >= 4 is 67.9 Å². The molecule has 0 amide bonds. The van der Waals surface area contributed by atoms with Gasteiger partial charge in [-0.3, -0.25) is 0 Å². The molecular formula is H4Br4MoO2. The van der Waals surface area contributed by atoms with Gasteiger partial charge in [-0.2, -0.15) is 0 Å². The molecule has 0 radical (unpaired) electrons. The Morgan fingerprint density at radius 3 is 0.714 bits per heavy atom. The van der Waals surface area contributed by atoms with E-state index < -0.39 is 18.5 Å². The van der Waals surface area contributed by atoms with Crippen LogP contribution in [0.3, 0.4) is 0 Å². The Bertz CT molecular complexity index is 30.7. The molecule has 50 valence electrons. The van der Waals surface area contributed by atoms with Crippen molar-refractivity contribution in [3.63, 3.8) is 0 Å². The number of hydrogen-bond acceptors (Lipinski definition) is 2. The van der Waals surface area contributed by atoms with Gasteiger partial charge in [0.25, 0.3) is 0 Å². The van der Waals surface area contributed by atoms with Crippen LogP contribution in [0.1, 0.15) is 0 Å². The molecule has 0 unspecified atom stereocenters. The van der Waals surface area contributed by atoms with Crippen molar-refractivity contribution in [2.75, 3.05) is 0 Å². The predicted octanol–water partition coefficient (Wildman–Crippen LogP) is 2.07. The Balaban J connectivity index is -0.00000000333. The van der Waals surface area contributed by atoms with Crippen molar-refractivity contribution in [1.82, 2.24) is 0 Å². The maximum atomic E-state index is 8.50. The predicted molar refractivity (Wildman–Crippen MR) is 42.7 cm³/mol. The minimum atomic E-state index is -2.03. The molecule has 0 aromatic carbocycles. The molecule has 0 aromatic heterocycles. The summed E-state index contributed by atoms with van der Waals surface area (Å²) < 4.78 is 17.0. The molecule has 0 aliphatic heterocycles. The third kappa shape index (κ3) is 64.9. The van der Waals surface area contributed by atoms with Crippen molar-refractivity contribution < 1.29 is 25.3 Å². The van der Waals surface area contributed by atoms with E-state index in [1.807, 2.05) is 0 Å². The molecule has 0 saturated heterocycles. The summed E-state index contributed by atoms with van der Waals surface area (Å²) in [7, 11) is 0. The summed E-state index contributed by atoms with van der Waals surface area (Å²) in [6, 6.07) is 0. The Labute approximate surface area is 92.0 Å². The minimum absolute atomic E-state index is 0. The number of rotatable bonds is 0.